The number of benzene rings is 4. The molecule has 206 valence electrons. The van der Waals surface area contributed by atoms with Crippen molar-refractivity contribution in [3.8, 4) is 0 Å². The van der Waals surface area contributed by atoms with Crippen molar-refractivity contribution in [2.75, 3.05) is 16.4 Å². The van der Waals surface area contributed by atoms with Crippen LogP contribution in [-0.4, -0.2) is 29.4 Å². The van der Waals surface area contributed by atoms with Crippen LogP contribution in [-0.2, 0) is 9.59 Å². The second kappa shape index (κ2) is 14.1. The molecule has 0 radical (unpaired) electrons. The first-order valence-corrected chi connectivity index (χ1v) is 14.1. The number of hydrogen-bond donors (Lipinski definition) is 4. The molecule has 0 unspecified atom stereocenters. The highest BCUT2D eigenvalue weighted by Crippen LogP contribution is 2.22. The first-order valence-electron chi connectivity index (χ1n) is 12.3. The number of rotatable bonds is 10. The molecule has 0 saturated carbocycles. The minimum Gasteiger partial charge on any atom is -0.366 e. The molecule has 4 amide bonds. The van der Waals surface area contributed by atoms with E-state index in [1.54, 1.807) is 78.9 Å². The average Bonchev–Trinajstić information content (AvgIpc) is 2.98. The molecule has 41 heavy (non-hydrogen) atoms. The van der Waals surface area contributed by atoms with Crippen LogP contribution in [0.3, 0.4) is 0 Å². The van der Waals surface area contributed by atoms with Gasteiger partial charge >= 0.3 is 0 Å². The number of carbonyl (C=O) groups is 4. The van der Waals surface area contributed by atoms with E-state index < -0.39 is 17.7 Å². The van der Waals surface area contributed by atoms with E-state index in [-0.39, 0.29) is 17.4 Å². The number of nitrogens with two attached hydrogens (primary N) is 1. The molecule has 4 aromatic rings. The second-order valence-corrected chi connectivity index (χ2v) is 10.7. The fourth-order valence-corrected chi connectivity index (χ4v) is 4.53. The van der Waals surface area contributed by atoms with E-state index in [4.69, 9.17) is 5.73 Å². The van der Waals surface area contributed by atoms with Crippen molar-refractivity contribution in [3.05, 3.63) is 130 Å². The summed E-state index contributed by atoms with van der Waals surface area (Å²) in [6.07, 6.45) is 1.60. The fourth-order valence-electron chi connectivity index (χ4n) is 3.56. The lowest BCUT2D eigenvalue weighted by atomic mass is 10.1. The topological polar surface area (TPSA) is 130 Å². The summed E-state index contributed by atoms with van der Waals surface area (Å²) in [6.45, 7) is 0. The Labute approximate surface area is 249 Å². The number of carbonyl (C=O) groups excluding carboxylic acids is 4. The van der Waals surface area contributed by atoms with Gasteiger partial charge in [0.2, 0.25) is 11.8 Å². The van der Waals surface area contributed by atoms with Gasteiger partial charge in [-0.05, 0) is 84.4 Å². The molecule has 0 aliphatic heterocycles. The second-order valence-electron chi connectivity index (χ2n) is 8.69. The molecule has 8 nitrogen and oxygen atoms in total. The summed E-state index contributed by atoms with van der Waals surface area (Å²) in [6, 6.07) is 29.3. The lowest BCUT2D eigenvalue weighted by Crippen LogP contribution is -2.30. The molecule has 5 N–H and O–H groups in total. The van der Waals surface area contributed by atoms with Crippen molar-refractivity contribution in [3.63, 3.8) is 0 Å². The number of hydrogen-bond acceptors (Lipinski definition) is 5. The molecule has 0 bridgehead atoms. The maximum absolute atomic E-state index is 13.2. The third-order valence-electron chi connectivity index (χ3n) is 5.65. The molecule has 0 saturated heterocycles. The van der Waals surface area contributed by atoms with E-state index in [9.17, 15) is 19.2 Å². The standard InChI is InChI=1S/C31H25BrN4O4S/c32-23-10-6-20(7-11-23)18-27(36-30(39)22-4-2-1-3-5-22)31(40)35-25-14-16-26(17-15-25)41-19-28(37)34-24-12-8-21(9-13-24)29(33)38/h1-18H,19H2,(H2,33,38)(H,34,37)(H,35,40)(H,36,39)/b27-18-. The van der Waals surface area contributed by atoms with E-state index in [1.165, 1.54) is 11.8 Å². The van der Waals surface area contributed by atoms with Gasteiger partial charge in [-0.25, -0.2) is 0 Å². The Morgan fingerprint density at radius 2 is 1.34 bits per heavy atom. The monoisotopic (exact) mass is 628 g/mol. The van der Waals surface area contributed by atoms with Crippen LogP contribution in [0, 0.1) is 0 Å². The zero-order valence-electron chi connectivity index (χ0n) is 21.6. The van der Waals surface area contributed by atoms with Gasteiger partial charge in [-0.1, -0.05) is 46.3 Å². The van der Waals surface area contributed by atoms with Gasteiger partial charge in [-0.3, -0.25) is 19.2 Å². The minimum absolute atomic E-state index is 0.0835. The van der Waals surface area contributed by atoms with Crippen LogP contribution < -0.4 is 21.7 Å². The number of amides is 4. The largest absolute Gasteiger partial charge is 0.366 e. The van der Waals surface area contributed by atoms with Crippen LogP contribution in [0.1, 0.15) is 26.3 Å². The van der Waals surface area contributed by atoms with Gasteiger partial charge in [0.25, 0.3) is 11.8 Å². The summed E-state index contributed by atoms with van der Waals surface area (Å²) < 4.78 is 0.892. The molecule has 0 atom stereocenters. The molecular weight excluding hydrogens is 604 g/mol. The summed E-state index contributed by atoms with van der Waals surface area (Å²) in [5.74, 6) is -1.48. The van der Waals surface area contributed by atoms with E-state index in [1.807, 2.05) is 30.3 Å². The van der Waals surface area contributed by atoms with Crippen LogP contribution in [0.15, 0.2) is 118 Å². The van der Waals surface area contributed by atoms with Gasteiger partial charge in [0.05, 0.1) is 5.75 Å². The molecule has 0 heterocycles. The average molecular weight is 630 g/mol. The molecule has 4 rings (SSSR count). The molecule has 0 aromatic heterocycles. The zero-order valence-corrected chi connectivity index (χ0v) is 24.0. The van der Waals surface area contributed by atoms with Crippen molar-refractivity contribution >= 4 is 68.8 Å². The number of primary amides is 1. The molecule has 10 heteroatoms. The third-order valence-corrected chi connectivity index (χ3v) is 7.19. The Bertz CT molecular complexity index is 1570. The normalized spacial score (nSPS) is 10.9. The maximum Gasteiger partial charge on any atom is 0.272 e. The Morgan fingerprint density at radius 3 is 1.98 bits per heavy atom. The fraction of sp³-hybridized carbons (Fsp3) is 0.0323. The number of nitrogens with one attached hydrogen (secondary N) is 3. The highest BCUT2D eigenvalue weighted by Gasteiger charge is 2.15. The van der Waals surface area contributed by atoms with E-state index in [0.717, 1.165) is 14.9 Å². The van der Waals surface area contributed by atoms with Crippen LogP contribution >= 0.6 is 27.7 Å². The van der Waals surface area contributed by atoms with Crippen molar-refractivity contribution in [2.45, 2.75) is 4.90 Å². The minimum atomic E-state index is -0.535. The highest BCUT2D eigenvalue weighted by atomic mass is 79.9. The molecule has 0 fully saturated rings. The maximum atomic E-state index is 13.2. The number of anilines is 2. The number of halogens is 1. The van der Waals surface area contributed by atoms with Gasteiger partial charge < -0.3 is 21.7 Å². The van der Waals surface area contributed by atoms with Crippen molar-refractivity contribution in [1.82, 2.24) is 5.32 Å². The van der Waals surface area contributed by atoms with Gasteiger partial charge in [0.15, 0.2) is 0 Å². The highest BCUT2D eigenvalue weighted by molar-refractivity contribution is 9.10. The van der Waals surface area contributed by atoms with Crippen LogP contribution in [0.5, 0.6) is 0 Å². The smallest absolute Gasteiger partial charge is 0.272 e. The van der Waals surface area contributed by atoms with Gasteiger partial charge in [0.1, 0.15) is 5.70 Å². The van der Waals surface area contributed by atoms with Crippen LogP contribution in [0.2, 0.25) is 0 Å². The predicted octanol–water partition coefficient (Wildman–Crippen LogP) is 5.69. The first-order chi connectivity index (χ1) is 19.8. The summed E-state index contributed by atoms with van der Waals surface area (Å²) in [4.78, 5) is 50.3. The molecule has 0 spiro atoms. The Morgan fingerprint density at radius 1 is 0.732 bits per heavy atom. The summed E-state index contributed by atoms with van der Waals surface area (Å²) in [5.41, 5.74) is 7.92. The van der Waals surface area contributed by atoms with Gasteiger partial charge in [0, 0.05) is 31.9 Å². The molecule has 0 aliphatic carbocycles. The quantitative estimate of drug-likeness (QED) is 0.132. The first kappa shape index (κ1) is 29.3. The third kappa shape index (κ3) is 8.92. The van der Waals surface area contributed by atoms with Crippen molar-refractivity contribution in [2.24, 2.45) is 5.73 Å². The van der Waals surface area contributed by atoms with Crippen LogP contribution in [0.4, 0.5) is 11.4 Å². The SMILES string of the molecule is NC(=O)c1ccc(NC(=O)CSc2ccc(NC(=O)/C(=C/c3ccc(Br)cc3)NC(=O)c3ccccc3)cc2)cc1. The lowest BCUT2D eigenvalue weighted by molar-refractivity contribution is -0.114. The van der Waals surface area contributed by atoms with E-state index in [0.29, 0.717) is 22.5 Å². The molecule has 0 aliphatic rings. The summed E-state index contributed by atoms with van der Waals surface area (Å²) >= 11 is 4.72. The lowest BCUT2D eigenvalue weighted by Gasteiger charge is -2.12. The molecule has 4 aromatic carbocycles. The Balaban J connectivity index is 1.37. The van der Waals surface area contributed by atoms with Crippen molar-refractivity contribution in [1.29, 1.82) is 0 Å². The van der Waals surface area contributed by atoms with E-state index in [2.05, 4.69) is 31.9 Å². The Hall–Kier alpha value is -4.67. The van der Waals surface area contributed by atoms with Gasteiger partial charge in [-0.2, -0.15) is 0 Å². The summed E-state index contributed by atoms with van der Waals surface area (Å²) in [7, 11) is 0. The summed E-state index contributed by atoms with van der Waals surface area (Å²) in [5, 5.41) is 8.30. The van der Waals surface area contributed by atoms with Crippen molar-refractivity contribution < 1.29 is 19.2 Å². The van der Waals surface area contributed by atoms with Gasteiger partial charge in [-0.15, -0.1) is 11.8 Å². The molecular formula is C31H25BrN4O4S. The van der Waals surface area contributed by atoms with E-state index >= 15 is 0 Å². The zero-order chi connectivity index (χ0) is 29.2. The number of thioether (sulfide) groups is 1. The Kier molecular flexibility index (Phi) is 10.1. The predicted molar refractivity (Wildman–Crippen MR) is 165 cm³/mol. The van der Waals surface area contributed by atoms with Crippen LogP contribution in [0.25, 0.3) is 6.08 Å².